The Hall–Kier alpha value is -0.500. The van der Waals surface area contributed by atoms with Gasteiger partial charge in [0.15, 0.2) is 0 Å². The number of nitrogens with zero attached hydrogens (tertiary/aromatic N) is 1. The van der Waals surface area contributed by atoms with Crippen molar-refractivity contribution in [3.8, 4) is 0 Å². The van der Waals surface area contributed by atoms with Crippen LogP contribution in [0.4, 0.5) is 0 Å². The Balaban J connectivity index is 2.16. The van der Waals surface area contributed by atoms with E-state index < -0.39 is 0 Å². The lowest BCUT2D eigenvalue weighted by molar-refractivity contribution is 0.422. The van der Waals surface area contributed by atoms with Gasteiger partial charge in [-0.05, 0) is 6.92 Å². The van der Waals surface area contributed by atoms with Crippen molar-refractivity contribution in [3.63, 3.8) is 0 Å². The van der Waals surface area contributed by atoms with Crippen LogP contribution in [0.1, 0.15) is 6.92 Å². The van der Waals surface area contributed by atoms with Gasteiger partial charge in [0.25, 0.3) is 0 Å². The zero-order valence-electron chi connectivity index (χ0n) is 6.15. The zero-order valence-corrected chi connectivity index (χ0v) is 6.15. The van der Waals surface area contributed by atoms with Crippen molar-refractivity contribution in [2.24, 2.45) is 0 Å². The minimum Gasteiger partial charge on any atom is -0.377 e. The Bertz CT molecular complexity index is 116. The van der Waals surface area contributed by atoms with Crippen molar-refractivity contribution < 1.29 is 0 Å². The summed E-state index contributed by atoms with van der Waals surface area (Å²) in [4.78, 5) is 2.17. The lowest BCUT2D eigenvalue weighted by Crippen LogP contribution is -2.21. The smallest absolute Gasteiger partial charge is 0.0369 e. The van der Waals surface area contributed by atoms with Crippen LogP contribution in [0.2, 0.25) is 0 Å². The molecule has 0 aromatic heterocycles. The van der Waals surface area contributed by atoms with Crippen LogP contribution in [0.5, 0.6) is 0 Å². The highest BCUT2D eigenvalue weighted by atomic mass is 15.2. The number of nitrogens with one attached hydrogen (secondary N) is 1. The Labute approximate surface area is 56.5 Å². The molecule has 0 aromatic carbocycles. The molecule has 52 valence electrons. The molecule has 1 atom stereocenters. The van der Waals surface area contributed by atoms with E-state index in [9.17, 15) is 0 Å². The first-order chi connectivity index (χ1) is 4.20. The van der Waals surface area contributed by atoms with E-state index in [1.165, 1.54) is 6.54 Å². The molecule has 0 aromatic rings. The molecule has 2 heteroatoms. The highest BCUT2D eigenvalue weighted by Crippen LogP contribution is 2.03. The van der Waals surface area contributed by atoms with E-state index in [0.717, 1.165) is 18.3 Å². The lowest BCUT2D eigenvalue weighted by Gasteiger charge is -2.17. The van der Waals surface area contributed by atoms with Gasteiger partial charge in [0.05, 0.1) is 0 Å². The van der Waals surface area contributed by atoms with E-state index in [1.807, 2.05) is 6.92 Å². The summed E-state index contributed by atoms with van der Waals surface area (Å²) in [6, 6.07) is 0.728. The van der Waals surface area contributed by atoms with Crippen molar-refractivity contribution in [2.45, 2.75) is 13.0 Å². The van der Waals surface area contributed by atoms with Gasteiger partial charge in [-0.25, -0.2) is 0 Å². The summed E-state index contributed by atoms with van der Waals surface area (Å²) in [5, 5.41) is 3.24. The molecule has 1 aliphatic heterocycles. The molecule has 0 saturated carbocycles. The molecule has 1 rings (SSSR count). The monoisotopic (exact) mass is 126 g/mol. The minimum absolute atomic E-state index is 0.728. The second kappa shape index (κ2) is 2.40. The molecule has 0 bridgehead atoms. The van der Waals surface area contributed by atoms with E-state index in [0.29, 0.717) is 0 Å². The third kappa shape index (κ3) is 2.06. The van der Waals surface area contributed by atoms with Gasteiger partial charge >= 0.3 is 0 Å². The summed E-state index contributed by atoms with van der Waals surface area (Å²) >= 11 is 0. The Kier molecular flexibility index (Phi) is 1.76. The van der Waals surface area contributed by atoms with Gasteiger partial charge < -0.3 is 10.2 Å². The van der Waals surface area contributed by atoms with Crippen LogP contribution in [-0.4, -0.2) is 31.1 Å². The molecule has 9 heavy (non-hydrogen) atoms. The average Bonchev–Trinajstić information content (AvgIpc) is 2.50. The summed E-state index contributed by atoms with van der Waals surface area (Å²) < 4.78 is 0. The molecule has 2 nitrogen and oxygen atoms in total. The second-order valence-corrected chi connectivity index (χ2v) is 2.72. The first kappa shape index (κ1) is 6.62. The Morgan fingerprint density at radius 2 is 2.44 bits per heavy atom. The summed E-state index contributed by atoms with van der Waals surface area (Å²) in [7, 11) is 2.07. The molecule has 1 saturated heterocycles. The van der Waals surface area contributed by atoms with E-state index in [2.05, 4.69) is 23.8 Å². The van der Waals surface area contributed by atoms with Crippen molar-refractivity contribution >= 4 is 0 Å². The van der Waals surface area contributed by atoms with Crippen LogP contribution in [0, 0.1) is 0 Å². The van der Waals surface area contributed by atoms with Crippen molar-refractivity contribution in [2.75, 3.05) is 20.1 Å². The lowest BCUT2D eigenvalue weighted by atomic mass is 10.4. The molecular formula is C7H14N2. The van der Waals surface area contributed by atoms with Crippen LogP contribution < -0.4 is 5.32 Å². The number of hydrogen-bond acceptors (Lipinski definition) is 2. The van der Waals surface area contributed by atoms with Gasteiger partial charge in [0.2, 0.25) is 0 Å². The summed E-state index contributed by atoms with van der Waals surface area (Å²) in [5.41, 5.74) is 1.14. The van der Waals surface area contributed by atoms with Crippen molar-refractivity contribution in [3.05, 3.63) is 12.3 Å². The molecule has 1 fully saturated rings. The maximum absolute atomic E-state index is 3.83. The maximum Gasteiger partial charge on any atom is 0.0369 e. The number of hydrogen-bond donors (Lipinski definition) is 1. The van der Waals surface area contributed by atoms with E-state index in [4.69, 9.17) is 0 Å². The summed E-state index contributed by atoms with van der Waals surface area (Å²) in [6.07, 6.45) is 0. The number of rotatable bonds is 3. The summed E-state index contributed by atoms with van der Waals surface area (Å²) in [6.45, 7) is 8.15. The van der Waals surface area contributed by atoms with Crippen LogP contribution in [-0.2, 0) is 0 Å². The molecule has 1 aliphatic rings. The van der Waals surface area contributed by atoms with Crippen LogP contribution in [0.25, 0.3) is 0 Å². The maximum atomic E-state index is 3.83. The fraction of sp³-hybridized carbons (Fsp3) is 0.714. The van der Waals surface area contributed by atoms with Crippen molar-refractivity contribution in [1.82, 2.24) is 10.2 Å². The molecule has 0 amide bonds. The fourth-order valence-corrected chi connectivity index (χ4v) is 0.699. The largest absolute Gasteiger partial charge is 0.377 e. The quantitative estimate of drug-likeness (QED) is 0.554. The average molecular weight is 126 g/mol. The predicted octanol–water partition coefficient (Wildman–Crippen LogP) is 0.424. The molecule has 0 radical (unpaired) electrons. The van der Waals surface area contributed by atoms with Gasteiger partial charge in [0.1, 0.15) is 0 Å². The molecule has 1 heterocycles. The fourth-order valence-electron chi connectivity index (χ4n) is 0.699. The standard InChI is InChI=1S/C7H14N2/c1-6(2)9(3)5-7-4-8-7/h7-8H,1,4-5H2,2-3H3. The van der Waals surface area contributed by atoms with Gasteiger partial charge in [-0.2, -0.15) is 0 Å². The zero-order chi connectivity index (χ0) is 6.85. The normalized spacial score (nSPS) is 23.6. The third-order valence-corrected chi connectivity index (χ3v) is 1.64. The van der Waals surface area contributed by atoms with Crippen LogP contribution >= 0.6 is 0 Å². The molecule has 1 N–H and O–H groups in total. The van der Waals surface area contributed by atoms with E-state index in [-0.39, 0.29) is 0 Å². The predicted molar refractivity (Wildman–Crippen MR) is 39.2 cm³/mol. The number of likely N-dealkylation sites (N-methyl/N-ethyl adjacent to an activating group) is 1. The van der Waals surface area contributed by atoms with Gasteiger partial charge in [0, 0.05) is 31.9 Å². The Morgan fingerprint density at radius 3 is 2.78 bits per heavy atom. The third-order valence-electron chi connectivity index (χ3n) is 1.64. The van der Waals surface area contributed by atoms with E-state index in [1.54, 1.807) is 0 Å². The first-order valence-electron chi connectivity index (χ1n) is 3.30. The van der Waals surface area contributed by atoms with Gasteiger partial charge in [-0.3, -0.25) is 0 Å². The van der Waals surface area contributed by atoms with Crippen molar-refractivity contribution in [1.29, 1.82) is 0 Å². The minimum atomic E-state index is 0.728. The highest BCUT2D eigenvalue weighted by Gasteiger charge is 2.20. The van der Waals surface area contributed by atoms with Crippen LogP contribution in [0.15, 0.2) is 12.3 Å². The van der Waals surface area contributed by atoms with Crippen LogP contribution in [0.3, 0.4) is 0 Å². The molecule has 1 unspecified atom stereocenters. The highest BCUT2D eigenvalue weighted by molar-refractivity contribution is 4.93. The topological polar surface area (TPSA) is 25.2 Å². The second-order valence-electron chi connectivity index (χ2n) is 2.72. The van der Waals surface area contributed by atoms with Gasteiger partial charge in [-0.1, -0.05) is 6.58 Å². The Morgan fingerprint density at radius 1 is 1.89 bits per heavy atom. The number of allylic oxidation sites excluding steroid dienone is 1. The molecular weight excluding hydrogens is 112 g/mol. The summed E-state index contributed by atoms with van der Waals surface area (Å²) in [5.74, 6) is 0. The first-order valence-corrected chi connectivity index (χ1v) is 3.30. The van der Waals surface area contributed by atoms with E-state index >= 15 is 0 Å². The molecule has 0 aliphatic carbocycles. The SMILES string of the molecule is C=C(C)N(C)CC1CN1. The molecule has 0 spiro atoms. The van der Waals surface area contributed by atoms with Gasteiger partial charge in [-0.15, -0.1) is 0 Å².